The number of halogens is 1. The molecule has 1 aromatic carbocycles. The first-order chi connectivity index (χ1) is 7.09. The standard InChI is InChI=1S/C12H12ClNS/c1-8-7-15-12-5-4-10(9(2)13)6-11(12)14(8)3/h4-6H,1-2,7H2,3H3. The van der Waals surface area contributed by atoms with Crippen molar-refractivity contribution in [1.82, 2.24) is 0 Å². The summed E-state index contributed by atoms with van der Waals surface area (Å²) in [4.78, 5) is 3.38. The van der Waals surface area contributed by atoms with Crippen molar-refractivity contribution in [1.29, 1.82) is 0 Å². The van der Waals surface area contributed by atoms with E-state index >= 15 is 0 Å². The van der Waals surface area contributed by atoms with Gasteiger partial charge in [-0.3, -0.25) is 0 Å². The molecule has 1 aliphatic rings. The Hall–Kier alpha value is -0.860. The van der Waals surface area contributed by atoms with Gasteiger partial charge in [-0.2, -0.15) is 0 Å². The van der Waals surface area contributed by atoms with Gasteiger partial charge in [0, 0.05) is 28.4 Å². The van der Waals surface area contributed by atoms with Crippen LogP contribution in [0.1, 0.15) is 5.56 Å². The van der Waals surface area contributed by atoms with Crippen LogP contribution in [0.4, 0.5) is 5.69 Å². The molecule has 0 fully saturated rings. The Labute approximate surface area is 99.4 Å². The van der Waals surface area contributed by atoms with Gasteiger partial charge < -0.3 is 4.90 Å². The Kier molecular flexibility index (Phi) is 2.81. The van der Waals surface area contributed by atoms with Crippen LogP contribution in [0.5, 0.6) is 0 Å². The number of nitrogens with zero attached hydrogens (tertiary/aromatic N) is 1. The van der Waals surface area contributed by atoms with Crippen molar-refractivity contribution in [3.05, 3.63) is 42.6 Å². The van der Waals surface area contributed by atoms with Crippen LogP contribution >= 0.6 is 23.4 Å². The van der Waals surface area contributed by atoms with E-state index in [0.29, 0.717) is 5.03 Å². The van der Waals surface area contributed by atoms with Crippen molar-refractivity contribution in [3.8, 4) is 0 Å². The summed E-state index contributed by atoms with van der Waals surface area (Å²) in [7, 11) is 2.03. The van der Waals surface area contributed by atoms with Crippen LogP contribution in [0.3, 0.4) is 0 Å². The molecule has 0 saturated heterocycles. The summed E-state index contributed by atoms with van der Waals surface area (Å²) in [6, 6.07) is 6.15. The second-order valence-corrected chi connectivity index (χ2v) is 4.97. The molecule has 0 spiro atoms. The second kappa shape index (κ2) is 3.95. The maximum atomic E-state index is 5.89. The minimum Gasteiger partial charge on any atom is -0.347 e. The fourth-order valence-electron chi connectivity index (χ4n) is 1.50. The van der Waals surface area contributed by atoms with Crippen molar-refractivity contribution >= 4 is 34.1 Å². The minimum atomic E-state index is 0.576. The van der Waals surface area contributed by atoms with E-state index in [1.165, 1.54) is 4.90 Å². The third-order valence-electron chi connectivity index (χ3n) is 2.50. The molecule has 78 valence electrons. The molecule has 2 rings (SSSR count). The number of benzene rings is 1. The Morgan fingerprint density at radius 3 is 2.93 bits per heavy atom. The van der Waals surface area contributed by atoms with Crippen LogP contribution in [0, 0.1) is 0 Å². The summed E-state index contributed by atoms with van der Waals surface area (Å²) in [5.74, 6) is 0.949. The summed E-state index contributed by atoms with van der Waals surface area (Å²) in [6.07, 6.45) is 0. The van der Waals surface area contributed by atoms with Gasteiger partial charge in [0.05, 0.1) is 5.69 Å². The van der Waals surface area contributed by atoms with Crippen LogP contribution in [0.15, 0.2) is 41.9 Å². The van der Waals surface area contributed by atoms with E-state index in [-0.39, 0.29) is 0 Å². The molecule has 15 heavy (non-hydrogen) atoms. The smallest absolute Gasteiger partial charge is 0.0550 e. The van der Waals surface area contributed by atoms with Crippen LogP contribution in [-0.2, 0) is 0 Å². The average molecular weight is 238 g/mol. The van der Waals surface area contributed by atoms with Gasteiger partial charge >= 0.3 is 0 Å². The molecule has 1 heterocycles. The lowest BCUT2D eigenvalue weighted by atomic mass is 10.2. The first-order valence-corrected chi connectivity index (χ1v) is 5.99. The lowest BCUT2D eigenvalue weighted by Crippen LogP contribution is -2.21. The summed E-state index contributed by atoms with van der Waals surface area (Å²) in [5.41, 5.74) is 3.25. The van der Waals surface area contributed by atoms with Crippen molar-refractivity contribution in [2.45, 2.75) is 4.90 Å². The molecule has 0 aromatic heterocycles. The first-order valence-electron chi connectivity index (χ1n) is 4.62. The van der Waals surface area contributed by atoms with Crippen molar-refractivity contribution in [2.24, 2.45) is 0 Å². The Morgan fingerprint density at radius 2 is 2.27 bits per heavy atom. The van der Waals surface area contributed by atoms with E-state index in [4.69, 9.17) is 11.6 Å². The van der Waals surface area contributed by atoms with E-state index < -0.39 is 0 Å². The molecule has 0 unspecified atom stereocenters. The number of anilines is 1. The summed E-state index contributed by atoms with van der Waals surface area (Å²) >= 11 is 7.69. The summed E-state index contributed by atoms with van der Waals surface area (Å²) < 4.78 is 0. The van der Waals surface area contributed by atoms with Gasteiger partial charge in [0.15, 0.2) is 0 Å². The maximum Gasteiger partial charge on any atom is 0.0550 e. The third kappa shape index (κ3) is 1.92. The average Bonchev–Trinajstić information content (AvgIpc) is 2.23. The predicted octanol–water partition coefficient (Wildman–Crippen LogP) is 3.95. The zero-order chi connectivity index (χ0) is 11.0. The number of thioether (sulfide) groups is 1. The van der Waals surface area contributed by atoms with Gasteiger partial charge in [-0.15, -0.1) is 11.8 Å². The fraction of sp³-hybridized carbons (Fsp3) is 0.167. The van der Waals surface area contributed by atoms with Gasteiger partial charge in [0.2, 0.25) is 0 Å². The van der Waals surface area contributed by atoms with Crippen molar-refractivity contribution < 1.29 is 0 Å². The SMILES string of the molecule is C=C(Cl)c1ccc2c(c1)N(C)C(=C)CS2. The lowest BCUT2D eigenvalue weighted by Gasteiger charge is -2.29. The van der Waals surface area contributed by atoms with Crippen LogP contribution in [-0.4, -0.2) is 12.8 Å². The normalized spacial score (nSPS) is 15.1. The molecule has 1 aromatic rings. The second-order valence-electron chi connectivity index (χ2n) is 3.50. The lowest BCUT2D eigenvalue weighted by molar-refractivity contribution is 1.06. The minimum absolute atomic E-state index is 0.576. The van der Waals surface area contributed by atoms with Gasteiger partial charge in [-0.25, -0.2) is 0 Å². The Bertz CT molecular complexity index is 439. The molecule has 0 saturated carbocycles. The maximum absolute atomic E-state index is 5.89. The van der Waals surface area contributed by atoms with Crippen LogP contribution in [0.2, 0.25) is 0 Å². The largest absolute Gasteiger partial charge is 0.347 e. The highest BCUT2D eigenvalue weighted by molar-refractivity contribution is 7.99. The van der Waals surface area contributed by atoms with E-state index in [0.717, 1.165) is 22.7 Å². The van der Waals surface area contributed by atoms with Gasteiger partial charge in [-0.05, 0) is 17.7 Å². The molecular formula is C12H12ClNS. The molecule has 1 nitrogen and oxygen atoms in total. The molecule has 0 N–H and O–H groups in total. The molecule has 0 aliphatic carbocycles. The molecular weight excluding hydrogens is 226 g/mol. The number of hydrogen-bond donors (Lipinski definition) is 0. The van der Waals surface area contributed by atoms with Crippen LogP contribution in [0.25, 0.3) is 5.03 Å². The summed E-state index contributed by atoms with van der Waals surface area (Å²) in [5, 5.41) is 0.576. The predicted molar refractivity (Wildman–Crippen MR) is 69.6 cm³/mol. The number of fused-ring (bicyclic) bond motifs is 1. The van der Waals surface area contributed by atoms with E-state index in [2.05, 4.69) is 30.2 Å². The van der Waals surface area contributed by atoms with Gasteiger partial charge in [-0.1, -0.05) is 30.8 Å². The van der Waals surface area contributed by atoms with E-state index in [1.54, 1.807) is 0 Å². The van der Waals surface area contributed by atoms with E-state index in [9.17, 15) is 0 Å². The molecule has 0 radical (unpaired) electrons. The number of rotatable bonds is 1. The molecule has 3 heteroatoms. The van der Waals surface area contributed by atoms with E-state index in [1.807, 2.05) is 24.9 Å². The fourth-order valence-corrected chi connectivity index (χ4v) is 2.64. The quantitative estimate of drug-likeness (QED) is 0.728. The van der Waals surface area contributed by atoms with Crippen molar-refractivity contribution in [2.75, 3.05) is 17.7 Å². The first kappa shape index (κ1) is 10.7. The zero-order valence-corrected chi connectivity index (χ0v) is 10.2. The Balaban J connectivity index is 2.50. The molecule has 0 bridgehead atoms. The highest BCUT2D eigenvalue weighted by atomic mass is 35.5. The highest BCUT2D eigenvalue weighted by Crippen LogP contribution is 2.39. The molecule has 0 atom stereocenters. The zero-order valence-electron chi connectivity index (χ0n) is 8.59. The van der Waals surface area contributed by atoms with Gasteiger partial charge in [0.1, 0.15) is 0 Å². The number of hydrogen-bond acceptors (Lipinski definition) is 2. The van der Waals surface area contributed by atoms with Crippen molar-refractivity contribution in [3.63, 3.8) is 0 Å². The molecule has 1 aliphatic heterocycles. The third-order valence-corrected chi connectivity index (χ3v) is 3.85. The highest BCUT2D eigenvalue weighted by Gasteiger charge is 2.17. The monoisotopic (exact) mass is 237 g/mol. The van der Waals surface area contributed by atoms with Crippen LogP contribution < -0.4 is 4.90 Å². The topological polar surface area (TPSA) is 3.24 Å². The van der Waals surface area contributed by atoms with Gasteiger partial charge in [0.25, 0.3) is 0 Å². The summed E-state index contributed by atoms with van der Waals surface area (Å²) in [6.45, 7) is 7.75. The Morgan fingerprint density at radius 1 is 1.53 bits per heavy atom. The molecule has 0 amide bonds.